The number of rotatable bonds is 5. The summed E-state index contributed by atoms with van der Waals surface area (Å²) in [6.07, 6.45) is 0. The van der Waals surface area contributed by atoms with Gasteiger partial charge in [0.1, 0.15) is 18.2 Å². The van der Waals surface area contributed by atoms with Crippen molar-refractivity contribution in [2.75, 3.05) is 0 Å². The Labute approximate surface area is 155 Å². The second-order valence-electron chi connectivity index (χ2n) is 5.71. The van der Waals surface area contributed by atoms with Crippen molar-refractivity contribution in [1.29, 1.82) is 0 Å². The van der Waals surface area contributed by atoms with Gasteiger partial charge in [-0.05, 0) is 54.1 Å². The molecular formula is C21H17FN2O3. The van der Waals surface area contributed by atoms with E-state index in [1.165, 1.54) is 24.3 Å². The van der Waals surface area contributed by atoms with Gasteiger partial charge in [-0.2, -0.15) is 0 Å². The molecular weight excluding hydrogens is 347 g/mol. The van der Waals surface area contributed by atoms with Crippen LogP contribution >= 0.6 is 0 Å². The molecule has 0 fully saturated rings. The summed E-state index contributed by atoms with van der Waals surface area (Å²) in [6.45, 7) is 0.431. The predicted molar refractivity (Wildman–Crippen MR) is 98.5 cm³/mol. The molecule has 0 heterocycles. The number of hydrazine groups is 1. The fraction of sp³-hybridized carbons (Fsp3) is 0.0476. The minimum Gasteiger partial charge on any atom is -0.489 e. The summed E-state index contributed by atoms with van der Waals surface area (Å²) >= 11 is 0. The quantitative estimate of drug-likeness (QED) is 0.681. The summed E-state index contributed by atoms with van der Waals surface area (Å²) in [5.74, 6) is -0.817. The molecule has 3 aromatic rings. The highest BCUT2D eigenvalue weighted by molar-refractivity contribution is 5.99. The smallest absolute Gasteiger partial charge is 0.269 e. The Morgan fingerprint density at radius 2 is 1.26 bits per heavy atom. The van der Waals surface area contributed by atoms with Gasteiger partial charge in [-0.15, -0.1) is 0 Å². The molecule has 6 heteroatoms. The van der Waals surface area contributed by atoms with Gasteiger partial charge in [0, 0.05) is 11.1 Å². The summed E-state index contributed by atoms with van der Waals surface area (Å²) in [4.78, 5) is 24.0. The Kier molecular flexibility index (Phi) is 5.79. The fourth-order valence-electron chi connectivity index (χ4n) is 2.30. The first-order valence-electron chi connectivity index (χ1n) is 8.25. The number of benzene rings is 3. The van der Waals surface area contributed by atoms with Gasteiger partial charge in [0.25, 0.3) is 11.8 Å². The van der Waals surface area contributed by atoms with E-state index in [0.717, 1.165) is 5.56 Å². The van der Waals surface area contributed by atoms with Gasteiger partial charge in [0.2, 0.25) is 0 Å². The number of carbonyl (C=O) groups excluding carboxylic acids is 2. The van der Waals surface area contributed by atoms with Crippen LogP contribution in [0.2, 0.25) is 0 Å². The third kappa shape index (κ3) is 5.15. The SMILES string of the molecule is O=C(NNC(=O)c1ccc(OCc2ccccc2)cc1)c1ccc(F)cc1. The Hall–Kier alpha value is -3.67. The summed E-state index contributed by atoms with van der Waals surface area (Å²) in [5, 5.41) is 0. The first-order valence-corrected chi connectivity index (χ1v) is 8.25. The van der Waals surface area contributed by atoms with Crippen molar-refractivity contribution in [3.63, 3.8) is 0 Å². The molecule has 0 aromatic heterocycles. The topological polar surface area (TPSA) is 67.4 Å². The maximum absolute atomic E-state index is 12.9. The number of carbonyl (C=O) groups is 2. The van der Waals surface area contributed by atoms with Gasteiger partial charge in [-0.25, -0.2) is 4.39 Å². The van der Waals surface area contributed by atoms with Crippen LogP contribution < -0.4 is 15.6 Å². The third-order valence-electron chi connectivity index (χ3n) is 3.76. The van der Waals surface area contributed by atoms with Crippen molar-refractivity contribution >= 4 is 11.8 Å². The van der Waals surface area contributed by atoms with Crippen LogP contribution in [0.5, 0.6) is 5.75 Å². The number of hydrogen-bond donors (Lipinski definition) is 2. The van der Waals surface area contributed by atoms with E-state index in [1.807, 2.05) is 30.3 Å². The van der Waals surface area contributed by atoms with Crippen LogP contribution in [0, 0.1) is 5.82 Å². The first kappa shape index (κ1) is 18.1. The fourth-order valence-corrected chi connectivity index (χ4v) is 2.30. The Bertz CT molecular complexity index is 910. The monoisotopic (exact) mass is 364 g/mol. The molecule has 27 heavy (non-hydrogen) atoms. The van der Waals surface area contributed by atoms with E-state index in [1.54, 1.807) is 24.3 Å². The van der Waals surface area contributed by atoms with Crippen LogP contribution in [0.3, 0.4) is 0 Å². The van der Waals surface area contributed by atoms with Gasteiger partial charge in [0.05, 0.1) is 0 Å². The van der Waals surface area contributed by atoms with E-state index in [4.69, 9.17) is 4.74 Å². The normalized spacial score (nSPS) is 10.1. The van der Waals surface area contributed by atoms with Crippen LogP contribution in [0.25, 0.3) is 0 Å². The molecule has 136 valence electrons. The van der Waals surface area contributed by atoms with Gasteiger partial charge in [-0.3, -0.25) is 20.4 Å². The first-order chi connectivity index (χ1) is 13.1. The number of hydrogen-bond acceptors (Lipinski definition) is 3. The van der Waals surface area contributed by atoms with E-state index in [9.17, 15) is 14.0 Å². The molecule has 0 saturated carbocycles. The van der Waals surface area contributed by atoms with Crippen molar-refractivity contribution in [3.05, 3.63) is 101 Å². The molecule has 0 unspecified atom stereocenters. The van der Waals surface area contributed by atoms with Crippen LogP contribution in [0.4, 0.5) is 4.39 Å². The van der Waals surface area contributed by atoms with Gasteiger partial charge in [-0.1, -0.05) is 30.3 Å². The Morgan fingerprint density at radius 1 is 0.741 bits per heavy atom. The maximum atomic E-state index is 12.9. The zero-order valence-corrected chi connectivity index (χ0v) is 14.3. The summed E-state index contributed by atoms with van der Waals surface area (Å²) in [6, 6.07) is 21.3. The summed E-state index contributed by atoms with van der Waals surface area (Å²) in [7, 11) is 0. The molecule has 3 rings (SSSR count). The van der Waals surface area contributed by atoms with E-state index < -0.39 is 17.6 Å². The lowest BCUT2D eigenvalue weighted by Gasteiger charge is -2.09. The van der Waals surface area contributed by atoms with Gasteiger partial charge < -0.3 is 4.74 Å². The molecule has 3 aromatic carbocycles. The maximum Gasteiger partial charge on any atom is 0.269 e. The van der Waals surface area contributed by atoms with Crippen LogP contribution in [0.1, 0.15) is 26.3 Å². The number of amides is 2. The molecule has 2 N–H and O–H groups in total. The number of ether oxygens (including phenoxy) is 1. The van der Waals surface area contributed by atoms with E-state index in [0.29, 0.717) is 17.9 Å². The minimum atomic E-state index is -0.536. The lowest BCUT2D eigenvalue weighted by atomic mass is 10.2. The minimum absolute atomic E-state index is 0.237. The highest BCUT2D eigenvalue weighted by Gasteiger charge is 2.09. The molecule has 0 aliphatic heterocycles. The molecule has 2 amide bonds. The molecule has 0 bridgehead atoms. The molecule has 0 radical (unpaired) electrons. The summed E-state index contributed by atoms with van der Waals surface area (Å²) in [5.41, 5.74) is 6.25. The predicted octanol–water partition coefficient (Wildman–Crippen LogP) is 3.48. The number of halogens is 1. The highest BCUT2D eigenvalue weighted by atomic mass is 19.1. The highest BCUT2D eigenvalue weighted by Crippen LogP contribution is 2.14. The van der Waals surface area contributed by atoms with Crippen LogP contribution in [-0.4, -0.2) is 11.8 Å². The van der Waals surface area contributed by atoms with E-state index >= 15 is 0 Å². The van der Waals surface area contributed by atoms with Crippen molar-refractivity contribution in [2.24, 2.45) is 0 Å². The molecule has 0 aliphatic rings. The average Bonchev–Trinajstić information content (AvgIpc) is 2.72. The van der Waals surface area contributed by atoms with Crippen molar-refractivity contribution in [1.82, 2.24) is 10.9 Å². The van der Waals surface area contributed by atoms with E-state index in [-0.39, 0.29) is 5.56 Å². The van der Waals surface area contributed by atoms with Crippen LogP contribution in [-0.2, 0) is 6.61 Å². The molecule has 5 nitrogen and oxygen atoms in total. The Morgan fingerprint density at radius 3 is 1.81 bits per heavy atom. The van der Waals surface area contributed by atoms with Crippen LogP contribution in [0.15, 0.2) is 78.9 Å². The lowest BCUT2D eigenvalue weighted by molar-refractivity contribution is 0.0846. The van der Waals surface area contributed by atoms with Gasteiger partial charge in [0.15, 0.2) is 0 Å². The Balaban J connectivity index is 1.51. The van der Waals surface area contributed by atoms with Crippen molar-refractivity contribution in [3.8, 4) is 5.75 Å². The van der Waals surface area contributed by atoms with Crippen molar-refractivity contribution in [2.45, 2.75) is 6.61 Å². The molecule has 0 saturated heterocycles. The summed E-state index contributed by atoms with van der Waals surface area (Å²) < 4.78 is 18.5. The van der Waals surface area contributed by atoms with Gasteiger partial charge >= 0.3 is 0 Å². The van der Waals surface area contributed by atoms with E-state index in [2.05, 4.69) is 10.9 Å². The standard InChI is InChI=1S/C21H17FN2O3/c22-18-10-6-16(7-11-18)20(25)23-24-21(26)17-8-12-19(13-9-17)27-14-15-4-2-1-3-5-15/h1-13H,14H2,(H,23,25)(H,24,26). The largest absolute Gasteiger partial charge is 0.489 e. The second-order valence-corrected chi connectivity index (χ2v) is 5.71. The molecule has 0 atom stereocenters. The second kappa shape index (κ2) is 8.62. The average molecular weight is 364 g/mol. The molecule has 0 aliphatic carbocycles. The molecule has 0 spiro atoms. The zero-order valence-electron chi connectivity index (χ0n) is 14.3. The lowest BCUT2D eigenvalue weighted by Crippen LogP contribution is -2.41. The van der Waals surface area contributed by atoms with Crippen molar-refractivity contribution < 1.29 is 18.7 Å². The zero-order chi connectivity index (χ0) is 19.1. The third-order valence-corrected chi connectivity index (χ3v) is 3.76. The number of nitrogens with one attached hydrogen (secondary N) is 2.